The van der Waals surface area contributed by atoms with Gasteiger partial charge in [0.15, 0.2) is 0 Å². The van der Waals surface area contributed by atoms with Crippen molar-refractivity contribution in [1.82, 2.24) is 4.98 Å². The third-order valence-electron chi connectivity index (χ3n) is 3.87. The third kappa shape index (κ3) is 2.72. The molecule has 3 rings (SSSR count). The van der Waals surface area contributed by atoms with Crippen LogP contribution in [0, 0.1) is 6.92 Å². The van der Waals surface area contributed by atoms with Crippen LogP contribution in [0.3, 0.4) is 0 Å². The van der Waals surface area contributed by atoms with E-state index in [0.29, 0.717) is 0 Å². The van der Waals surface area contributed by atoms with E-state index in [4.69, 9.17) is 0 Å². The number of aryl methyl sites for hydroxylation is 1. The molecule has 0 aliphatic carbocycles. The summed E-state index contributed by atoms with van der Waals surface area (Å²) in [6.07, 6.45) is 2.08. The molecular weight excluding hydrogens is 258 g/mol. The Balaban J connectivity index is 1.79. The molecule has 2 aromatic carbocycles. The van der Waals surface area contributed by atoms with Gasteiger partial charge in [-0.2, -0.15) is 0 Å². The molecule has 0 saturated heterocycles. The zero-order valence-corrected chi connectivity index (χ0v) is 12.8. The second-order valence-electron chi connectivity index (χ2n) is 5.61. The van der Waals surface area contributed by atoms with Gasteiger partial charge in [-0.25, -0.2) is 0 Å². The maximum atomic E-state index is 3.54. The summed E-state index contributed by atoms with van der Waals surface area (Å²) in [6, 6.07) is 14.9. The summed E-state index contributed by atoms with van der Waals surface area (Å²) in [7, 11) is 4.13. The van der Waals surface area contributed by atoms with Crippen molar-refractivity contribution in [3.8, 4) is 0 Å². The number of nitrogens with zero attached hydrogens (tertiary/aromatic N) is 1. The van der Waals surface area contributed by atoms with Crippen LogP contribution in [-0.4, -0.2) is 19.1 Å². The highest BCUT2D eigenvalue weighted by Gasteiger charge is 2.05. The number of hydrogen-bond donors (Lipinski definition) is 2. The fourth-order valence-corrected chi connectivity index (χ4v) is 2.59. The van der Waals surface area contributed by atoms with Crippen molar-refractivity contribution in [2.75, 3.05) is 24.3 Å². The zero-order chi connectivity index (χ0) is 14.8. The van der Waals surface area contributed by atoms with Gasteiger partial charge in [-0.15, -0.1) is 0 Å². The lowest BCUT2D eigenvalue weighted by Gasteiger charge is -2.16. The van der Waals surface area contributed by atoms with Crippen LogP contribution in [0.1, 0.15) is 11.1 Å². The summed E-state index contributed by atoms with van der Waals surface area (Å²) in [6.45, 7) is 2.97. The summed E-state index contributed by atoms with van der Waals surface area (Å²) in [5, 5.41) is 4.82. The van der Waals surface area contributed by atoms with Gasteiger partial charge in [-0.3, -0.25) is 0 Å². The molecule has 0 fully saturated rings. The van der Waals surface area contributed by atoms with Crippen LogP contribution in [0.5, 0.6) is 0 Å². The fraction of sp³-hybridized carbons (Fsp3) is 0.222. The molecule has 0 bridgehead atoms. The predicted octanol–water partition coefficient (Wildman–Crippen LogP) is 4.15. The van der Waals surface area contributed by atoms with Gasteiger partial charge >= 0.3 is 0 Å². The van der Waals surface area contributed by atoms with E-state index in [9.17, 15) is 0 Å². The Hall–Kier alpha value is -2.42. The van der Waals surface area contributed by atoms with Crippen molar-refractivity contribution in [2.24, 2.45) is 0 Å². The van der Waals surface area contributed by atoms with Gasteiger partial charge in [0.1, 0.15) is 0 Å². The van der Waals surface area contributed by atoms with Gasteiger partial charge in [-0.05, 0) is 42.3 Å². The number of aromatic amines is 1. The van der Waals surface area contributed by atoms with E-state index in [2.05, 4.69) is 84.9 Å². The average molecular weight is 279 g/mol. The number of aromatic nitrogens is 1. The van der Waals surface area contributed by atoms with E-state index in [1.165, 1.54) is 33.4 Å². The van der Waals surface area contributed by atoms with Crippen molar-refractivity contribution in [2.45, 2.75) is 13.5 Å². The maximum Gasteiger partial charge on any atom is 0.0457 e. The monoisotopic (exact) mass is 279 g/mol. The minimum atomic E-state index is 0.826. The van der Waals surface area contributed by atoms with E-state index >= 15 is 0 Å². The standard InChI is InChI=1S/C18H21N3/c1-13-10-15(21(2)3)8-9-17(13)19-11-14-12-20-18-7-5-4-6-16(14)18/h4-10,12,19-20H,11H2,1-3H3. The second-order valence-corrected chi connectivity index (χ2v) is 5.61. The van der Waals surface area contributed by atoms with Crippen LogP contribution in [0.15, 0.2) is 48.7 Å². The SMILES string of the molecule is Cc1cc(N(C)C)ccc1NCc1c[nH]c2ccccc12. The number of benzene rings is 2. The molecule has 3 nitrogen and oxygen atoms in total. The molecule has 0 radical (unpaired) electrons. The Morgan fingerprint density at radius 2 is 1.90 bits per heavy atom. The number of H-pyrrole nitrogens is 1. The molecule has 3 aromatic rings. The highest BCUT2D eigenvalue weighted by molar-refractivity contribution is 5.83. The predicted molar refractivity (Wildman–Crippen MR) is 91.1 cm³/mol. The molecule has 0 aliphatic heterocycles. The van der Waals surface area contributed by atoms with Gasteiger partial charge < -0.3 is 15.2 Å². The first-order valence-electron chi connectivity index (χ1n) is 7.22. The van der Waals surface area contributed by atoms with Gasteiger partial charge in [-0.1, -0.05) is 18.2 Å². The number of rotatable bonds is 4. The lowest BCUT2D eigenvalue weighted by Crippen LogP contribution is -2.09. The first-order chi connectivity index (χ1) is 10.1. The first-order valence-corrected chi connectivity index (χ1v) is 7.22. The molecule has 0 atom stereocenters. The van der Waals surface area contributed by atoms with Crippen molar-refractivity contribution in [3.05, 3.63) is 59.8 Å². The lowest BCUT2D eigenvalue weighted by molar-refractivity contribution is 1.12. The lowest BCUT2D eigenvalue weighted by atomic mass is 10.1. The Bertz CT molecular complexity index is 756. The molecule has 0 aliphatic rings. The summed E-state index contributed by atoms with van der Waals surface area (Å²) in [5.41, 5.74) is 6.16. The van der Waals surface area contributed by atoms with E-state index < -0.39 is 0 Å². The number of hydrogen-bond acceptors (Lipinski definition) is 2. The molecule has 3 heteroatoms. The van der Waals surface area contributed by atoms with Crippen molar-refractivity contribution in [3.63, 3.8) is 0 Å². The Morgan fingerprint density at radius 1 is 1.10 bits per heavy atom. The van der Waals surface area contributed by atoms with Crippen molar-refractivity contribution >= 4 is 22.3 Å². The number of nitrogens with one attached hydrogen (secondary N) is 2. The normalized spacial score (nSPS) is 10.8. The molecule has 0 spiro atoms. The van der Waals surface area contributed by atoms with Crippen LogP contribution in [0.4, 0.5) is 11.4 Å². The minimum Gasteiger partial charge on any atom is -0.381 e. The average Bonchev–Trinajstić information content (AvgIpc) is 2.89. The first kappa shape index (κ1) is 13.6. The van der Waals surface area contributed by atoms with Crippen LogP contribution < -0.4 is 10.2 Å². The summed E-state index contributed by atoms with van der Waals surface area (Å²) in [4.78, 5) is 5.44. The molecule has 0 saturated carbocycles. The highest BCUT2D eigenvalue weighted by atomic mass is 15.1. The van der Waals surface area contributed by atoms with E-state index in [1.807, 2.05) is 0 Å². The topological polar surface area (TPSA) is 31.1 Å². The van der Waals surface area contributed by atoms with Crippen LogP contribution in [0.25, 0.3) is 10.9 Å². The van der Waals surface area contributed by atoms with E-state index in [1.54, 1.807) is 0 Å². The van der Waals surface area contributed by atoms with Crippen LogP contribution >= 0.6 is 0 Å². The number of fused-ring (bicyclic) bond motifs is 1. The Labute approximate surface area is 125 Å². The maximum absolute atomic E-state index is 3.54. The molecule has 0 amide bonds. The van der Waals surface area contributed by atoms with Crippen molar-refractivity contribution in [1.29, 1.82) is 0 Å². The fourth-order valence-electron chi connectivity index (χ4n) is 2.59. The van der Waals surface area contributed by atoms with Gasteiger partial charge in [0.2, 0.25) is 0 Å². The molecular formula is C18H21N3. The molecule has 2 N–H and O–H groups in total. The van der Waals surface area contributed by atoms with E-state index in [0.717, 1.165) is 6.54 Å². The van der Waals surface area contributed by atoms with Crippen molar-refractivity contribution < 1.29 is 0 Å². The summed E-state index contributed by atoms with van der Waals surface area (Å²) < 4.78 is 0. The van der Waals surface area contributed by atoms with Crippen LogP contribution in [0.2, 0.25) is 0 Å². The Kier molecular flexibility index (Phi) is 3.57. The number of para-hydroxylation sites is 1. The molecule has 1 heterocycles. The summed E-state index contributed by atoms with van der Waals surface area (Å²) >= 11 is 0. The Morgan fingerprint density at radius 3 is 2.67 bits per heavy atom. The zero-order valence-electron chi connectivity index (χ0n) is 12.8. The van der Waals surface area contributed by atoms with Gasteiger partial charge in [0, 0.05) is 49.1 Å². The van der Waals surface area contributed by atoms with Crippen LogP contribution in [-0.2, 0) is 6.54 Å². The van der Waals surface area contributed by atoms with Gasteiger partial charge in [0.05, 0.1) is 0 Å². The molecule has 21 heavy (non-hydrogen) atoms. The number of anilines is 2. The molecule has 1 aromatic heterocycles. The van der Waals surface area contributed by atoms with E-state index in [-0.39, 0.29) is 0 Å². The quantitative estimate of drug-likeness (QED) is 0.751. The van der Waals surface area contributed by atoms with Gasteiger partial charge in [0.25, 0.3) is 0 Å². The largest absolute Gasteiger partial charge is 0.381 e. The smallest absolute Gasteiger partial charge is 0.0457 e. The highest BCUT2D eigenvalue weighted by Crippen LogP contribution is 2.23. The molecule has 0 unspecified atom stereocenters. The minimum absolute atomic E-state index is 0.826. The second kappa shape index (κ2) is 5.52. The summed E-state index contributed by atoms with van der Waals surface area (Å²) in [5.74, 6) is 0. The third-order valence-corrected chi connectivity index (χ3v) is 3.87. The molecule has 108 valence electrons.